The molecule has 41 heavy (non-hydrogen) atoms. The van der Waals surface area contributed by atoms with Crippen LogP contribution in [0.25, 0.3) is 22.4 Å². The first-order chi connectivity index (χ1) is 19.8. The van der Waals surface area contributed by atoms with Crippen LogP contribution in [0.5, 0.6) is 5.88 Å². The monoisotopic (exact) mass is 571 g/mol. The second-order valence-electron chi connectivity index (χ2n) is 9.93. The molecular formula is C30H26ClN5O5. The zero-order valence-electron chi connectivity index (χ0n) is 22.4. The first-order valence-corrected chi connectivity index (χ1v) is 13.5. The molecule has 11 heteroatoms. The summed E-state index contributed by atoms with van der Waals surface area (Å²) in [5.74, 6) is 0.283. The molecule has 2 aliphatic heterocycles. The van der Waals surface area contributed by atoms with E-state index in [-0.39, 0.29) is 18.3 Å². The molecule has 0 bridgehead atoms. The van der Waals surface area contributed by atoms with Crippen LogP contribution in [0.1, 0.15) is 37.9 Å². The highest BCUT2D eigenvalue weighted by Gasteiger charge is 2.33. The van der Waals surface area contributed by atoms with Gasteiger partial charge < -0.3 is 24.2 Å². The summed E-state index contributed by atoms with van der Waals surface area (Å²) in [7, 11) is 3.27. The Kier molecular flexibility index (Phi) is 6.70. The van der Waals surface area contributed by atoms with E-state index < -0.39 is 6.09 Å². The van der Waals surface area contributed by atoms with Gasteiger partial charge in [0.1, 0.15) is 0 Å². The Bertz CT molecular complexity index is 1730. The summed E-state index contributed by atoms with van der Waals surface area (Å²) in [6.07, 6.45) is 0.839. The van der Waals surface area contributed by atoms with Crippen LogP contribution in [0, 0.1) is 0 Å². The van der Waals surface area contributed by atoms with Crippen molar-refractivity contribution in [3.05, 3.63) is 81.9 Å². The lowest BCUT2D eigenvalue weighted by atomic mass is 9.95. The van der Waals surface area contributed by atoms with E-state index in [2.05, 4.69) is 9.97 Å². The van der Waals surface area contributed by atoms with E-state index in [9.17, 15) is 19.5 Å². The SMILES string of the molecule is COc1nc(-c2cccc(-c3cccc4c3CCN4C(=O)c3nc4c(n3C)CCN(C(=O)O)C4)c2Cl)ccc1C=O. The maximum Gasteiger partial charge on any atom is 0.407 e. The molecule has 0 radical (unpaired) electrons. The molecule has 2 aromatic heterocycles. The van der Waals surface area contributed by atoms with Crippen LogP contribution in [-0.2, 0) is 26.4 Å². The molecule has 10 nitrogen and oxygen atoms in total. The second kappa shape index (κ2) is 10.4. The third kappa shape index (κ3) is 4.40. The van der Waals surface area contributed by atoms with Gasteiger partial charge in [0.05, 0.1) is 35.6 Å². The molecule has 208 valence electrons. The predicted octanol–water partition coefficient (Wildman–Crippen LogP) is 4.86. The molecule has 2 amide bonds. The Morgan fingerprint density at radius 3 is 2.51 bits per heavy atom. The van der Waals surface area contributed by atoms with Crippen molar-refractivity contribution < 1.29 is 24.2 Å². The third-order valence-electron chi connectivity index (χ3n) is 7.77. The lowest BCUT2D eigenvalue weighted by Gasteiger charge is -2.23. The fourth-order valence-electron chi connectivity index (χ4n) is 5.69. The first-order valence-electron chi connectivity index (χ1n) is 13.1. The van der Waals surface area contributed by atoms with E-state index in [0.29, 0.717) is 65.6 Å². The Labute approximate surface area is 240 Å². The molecule has 0 fully saturated rings. The van der Waals surface area contributed by atoms with Crippen LogP contribution in [0.2, 0.25) is 5.02 Å². The molecule has 0 saturated heterocycles. The minimum absolute atomic E-state index is 0.167. The number of ether oxygens (including phenoxy) is 1. The number of benzene rings is 2. The highest BCUT2D eigenvalue weighted by Crippen LogP contribution is 2.42. The molecule has 6 rings (SSSR count). The van der Waals surface area contributed by atoms with Crippen LogP contribution in [0.3, 0.4) is 0 Å². The number of nitrogens with zero attached hydrogens (tertiary/aromatic N) is 5. The minimum atomic E-state index is -0.995. The van der Waals surface area contributed by atoms with Gasteiger partial charge in [-0.05, 0) is 35.7 Å². The average molecular weight is 572 g/mol. The number of carbonyl (C=O) groups is 3. The average Bonchev–Trinajstić information content (AvgIpc) is 3.57. The van der Waals surface area contributed by atoms with E-state index in [4.69, 9.17) is 16.3 Å². The Balaban J connectivity index is 1.35. The van der Waals surface area contributed by atoms with Gasteiger partial charge in [0.25, 0.3) is 5.91 Å². The summed E-state index contributed by atoms with van der Waals surface area (Å²) in [5, 5.41) is 9.88. The quantitative estimate of drug-likeness (QED) is 0.340. The number of imidazole rings is 1. The fourth-order valence-corrected chi connectivity index (χ4v) is 6.02. The van der Waals surface area contributed by atoms with E-state index in [1.165, 1.54) is 12.0 Å². The number of carbonyl (C=O) groups excluding carboxylic acids is 2. The first kappa shape index (κ1) is 26.5. The van der Waals surface area contributed by atoms with Gasteiger partial charge in [-0.25, -0.2) is 14.8 Å². The van der Waals surface area contributed by atoms with Gasteiger partial charge in [0, 0.05) is 49.1 Å². The van der Waals surface area contributed by atoms with Crippen LogP contribution >= 0.6 is 11.6 Å². The van der Waals surface area contributed by atoms with Crippen molar-refractivity contribution in [3.63, 3.8) is 0 Å². The van der Waals surface area contributed by atoms with E-state index >= 15 is 0 Å². The maximum atomic E-state index is 13.8. The van der Waals surface area contributed by atoms with E-state index in [0.717, 1.165) is 28.1 Å². The Hall–Kier alpha value is -4.70. The molecule has 0 saturated carbocycles. The van der Waals surface area contributed by atoms with Crippen molar-refractivity contribution in [2.24, 2.45) is 7.05 Å². The number of amides is 2. The molecular weight excluding hydrogens is 546 g/mol. The van der Waals surface area contributed by atoms with Gasteiger partial charge >= 0.3 is 6.09 Å². The van der Waals surface area contributed by atoms with Gasteiger partial charge in [0.15, 0.2) is 12.1 Å². The highest BCUT2D eigenvalue weighted by molar-refractivity contribution is 6.36. The van der Waals surface area contributed by atoms with E-state index in [1.54, 1.807) is 28.6 Å². The number of methoxy groups -OCH3 is 1. The molecule has 4 aromatic rings. The zero-order valence-corrected chi connectivity index (χ0v) is 23.2. The van der Waals surface area contributed by atoms with Gasteiger partial charge in [-0.15, -0.1) is 0 Å². The Morgan fingerprint density at radius 2 is 1.76 bits per heavy atom. The lowest BCUT2D eigenvalue weighted by Crippen LogP contribution is -2.35. The number of hydrogen-bond donors (Lipinski definition) is 1. The fraction of sp³-hybridized carbons (Fsp3) is 0.233. The van der Waals surface area contributed by atoms with Gasteiger partial charge in [-0.2, -0.15) is 0 Å². The number of hydrogen-bond acceptors (Lipinski definition) is 6. The largest absolute Gasteiger partial charge is 0.480 e. The van der Waals surface area contributed by atoms with Gasteiger partial charge in [0.2, 0.25) is 5.88 Å². The number of aromatic nitrogens is 3. The topological polar surface area (TPSA) is 118 Å². The van der Waals surface area contributed by atoms with Crippen molar-refractivity contribution in [2.45, 2.75) is 19.4 Å². The summed E-state index contributed by atoms with van der Waals surface area (Å²) < 4.78 is 7.06. The summed E-state index contributed by atoms with van der Waals surface area (Å²) in [4.78, 5) is 48.6. The van der Waals surface area contributed by atoms with Crippen molar-refractivity contribution in [1.29, 1.82) is 0 Å². The molecule has 0 spiro atoms. The van der Waals surface area contributed by atoms with Crippen molar-refractivity contribution in [2.75, 3.05) is 25.1 Å². The van der Waals surface area contributed by atoms with Crippen molar-refractivity contribution >= 4 is 35.6 Å². The maximum absolute atomic E-state index is 13.8. The predicted molar refractivity (Wildman–Crippen MR) is 153 cm³/mol. The van der Waals surface area contributed by atoms with Crippen LogP contribution in [-0.4, -0.2) is 63.0 Å². The highest BCUT2D eigenvalue weighted by atomic mass is 35.5. The number of halogens is 1. The number of pyridine rings is 1. The molecule has 0 aliphatic carbocycles. The molecule has 2 aromatic carbocycles. The summed E-state index contributed by atoms with van der Waals surface area (Å²) >= 11 is 6.97. The number of anilines is 1. The number of carboxylic acid groups (broad SMARTS) is 1. The number of fused-ring (bicyclic) bond motifs is 2. The standard InChI is InChI=1S/C30H26ClN5O5/c1-34-25-12-13-35(30(39)40)15-23(25)32-27(34)29(38)36-14-11-19-18(5-4-8-24(19)36)20-6-3-7-21(26(20)31)22-10-9-17(16-37)28(33-22)41-2/h3-10,16H,11-15H2,1-2H3,(H,39,40). The summed E-state index contributed by atoms with van der Waals surface area (Å²) in [5.41, 5.74) is 6.62. The van der Waals surface area contributed by atoms with Crippen LogP contribution in [0.4, 0.5) is 10.5 Å². The number of aldehydes is 1. The van der Waals surface area contributed by atoms with Gasteiger partial charge in [-0.3, -0.25) is 9.59 Å². The van der Waals surface area contributed by atoms with Gasteiger partial charge in [-0.1, -0.05) is 41.9 Å². The van der Waals surface area contributed by atoms with E-state index in [1.807, 2.05) is 36.4 Å². The second-order valence-corrected chi connectivity index (χ2v) is 10.3. The van der Waals surface area contributed by atoms with Crippen LogP contribution in [0.15, 0.2) is 48.5 Å². The molecule has 2 aliphatic rings. The summed E-state index contributed by atoms with van der Waals surface area (Å²) in [6, 6.07) is 14.9. The lowest BCUT2D eigenvalue weighted by molar-refractivity contribution is 0.0975. The molecule has 1 N–H and O–H groups in total. The van der Waals surface area contributed by atoms with Crippen molar-refractivity contribution in [3.8, 4) is 28.3 Å². The van der Waals surface area contributed by atoms with Crippen molar-refractivity contribution in [1.82, 2.24) is 19.4 Å². The Morgan fingerprint density at radius 1 is 1.00 bits per heavy atom. The summed E-state index contributed by atoms with van der Waals surface area (Å²) in [6.45, 7) is 1.02. The number of rotatable bonds is 5. The normalized spacial score (nSPS) is 14.0. The zero-order chi connectivity index (χ0) is 28.8. The smallest absolute Gasteiger partial charge is 0.407 e. The van der Waals surface area contributed by atoms with Crippen LogP contribution < -0.4 is 9.64 Å². The molecule has 4 heterocycles. The minimum Gasteiger partial charge on any atom is -0.480 e. The third-order valence-corrected chi connectivity index (χ3v) is 8.17. The molecule has 0 unspecified atom stereocenters. The molecule has 0 atom stereocenters.